The van der Waals surface area contributed by atoms with E-state index in [0.717, 1.165) is 5.56 Å². The van der Waals surface area contributed by atoms with Gasteiger partial charge in [0.15, 0.2) is 6.54 Å². The molecule has 0 radical (unpaired) electrons. The number of rotatable bonds is 4. The largest absolute Gasteiger partial charge is 0.540 e. The zero-order valence-corrected chi connectivity index (χ0v) is 16.5. The smallest absolute Gasteiger partial charge is 0.324 e. The number of hydrogen-bond donors (Lipinski definition) is 1. The molecule has 2 aromatic carbocycles. The third-order valence-electron chi connectivity index (χ3n) is 3.80. The van der Waals surface area contributed by atoms with Crippen LogP contribution in [0.5, 0.6) is 5.95 Å². The molecule has 0 aliphatic heterocycles. The van der Waals surface area contributed by atoms with Gasteiger partial charge in [-0.05, 0) is 12.1 Å². The van der Waals surface area contributed by atoms with E-state index in [-0.39, 0.29) is 18.1 Å². The van der Waals surface area contributed by atoms with E-state index in [1.807, 2.05) is 35.6 Å². The molecule has 3 rings (SSSR count). The van der Waals surface area contributed by atoms with Crippen molar-refractivity contribution in [2.24, 2.45) is 0 Å². The first-order chi connectivity index (χ1) is 13.3. The van der Waals surface area contributed by atoms with Crippen molar-refractivity contribution in [3.05, 3.63) is 71.9 Å². The predicted octanol–water partition coefficient (Wildman–Crippen LogP) is 2.98. The SMILES string of the molecule is O=C(NC(=O)C(Cl)(Cl)Cl)c1c([O-])oc(-c2ccccc2)[n+]1Cc1ccccc1. The average molecular weight is 440 g/mol. The lowest BCUT2D eigenvalue weighted by atomic mass is 10.2. The Labute approximate surface area is 175 Å². The van der Waals surface area contributed by atoms with E-state index in [0.29, 0.717) is 5.56 Å². The molecular formula is C19H13Cl3N2O4. The van der Waals surface area contributed by atoms with Gasteiger partial charge in [0.1, 0.15) is 5.95 Å². The Balaban J connectivity index is 2.07. The minimum absolute atomic E-state index is 0.154. The lowest BCUT2D eigenvalue weighted by molar-refractivity contribution is -0.682. The van der Waals surface area contributed by atoms with Crippen molar-refractivity contribution in [2.75, 3.05) is 0 Å². The van der Waals surface area contributed by atoms with Gasteiger partial charge in [-0.2, -0.15) is 4.57 Å². The van der Waals surface area contributed by atoms with E-state index in [9.17, 15) is 14.7 Å². The molecule has 0 fully saturated rings. The lowest BCUT2D eigenvalue weighted by Crippen LogP contribution is -2.47. The average Bonchev–Trinajstić information content (AvgIpc) is 2.98. The van der Waals surface area contributed by atoms with Crippen molar-refractivity contribution in [2.45, 2.75) is 10.3 Å². The highest BCUT2D eigenvalue weighted by Crippen LogP contribution is 2.27. The van der Waals surface area contributed by atoms with E-state index in [1.165, 1.54) is 4.57 Å². The Morgan fingerprint density at radius 1 is 1.00 bits per heavy atom. The van der Waals surface area contributed by atoms with E-state index in [4.69, 9.17) is 39.2 Å². The Morgan fingerprint density at radius 2 is 1.57 bits per heavy atom. The van der Waals surface area contributed by atoms with Crippen LogP contribution in [-0.4, -0.2) is 15.6 Å². The fourth-order valence-electron chi connectivity index (χ4n) is 2.56. The van der Waals surface area contributed by atoms with E-state index >= 15 is 0 Å². The number of benzene rings is 2. The van der Waals surface area contributed by atoms with Crippen LogP contribution in [0, 0.1) is 0 Å². The van der Waals surface area contributed by atoms with Crippen molar-refractivity contribution in [3.63, 3.8) is 0 Å². The summed E-state index contributed by atoms with van der Waals surface area (Å²) in [5.74, 6) is -2.94. The molecule has 0 unspecified atom stereocenters. The van der Waals surface area contributed by atoms with Crippen LogP contribution < -0.4 is 15.0 Å². The summed E-state index contributed by atoms with van der Waals surface area (Å²) in [6.45, 7) is 0.154. The van der Waals surface area contributed by atoms with E-state index < -0.39 is 21.6 Å². The number of halogens is 3. The summed E-state index contributed by atoms with van der Waals surface area (Å²) >= 11 is 16.5. The maximum Gasteiger partial charge on any atom is 0.324 e. The van der Waals surface area contributed by atoms with Crippen LogP contribution in [-0.2, 0) is 11.3 Å². The Hall–Kier alpha value is -2.54. The normalized spacial score (nSPS) is 11.2. The Kier molecular flexibility index (Phi) is 5.93. The first kappa shape index (κ1) is 20.2. The number of aromatic nitrogens is 1. The topological polar surface area (TPSA) is 86.2 Å². The van der Waals surface area contributed by atoms with Crippen LogP contribution >= 0.6 is 34.8 Å². The molecule has 0 saturated heterocycles. The van der Waals surface area contributed by atoms with Crippen molar-refractivity contribution in [3.8, 4) is 17.4 Å². The fraction of sp³-hybridized carbons (Fsp3) is 0.105. The molecule has 0 atom stereocenters. The minimum Gasteiger partial charge on any atom is -0.540 e. The van der Waals surface area contributed by atoms with Gasteiger partial charge in [-0.3, -0.25) is 14.9 Å². The van der Waals surface area contributed by atoms with Crippen molar-refractivity contribution >= 4 is 46.6 Å². The standard InChI is InChI=1S/C19H13Cl3N2O4/c20-19(21,22)18(27)23-15(25)14-17(26)28-16(13-9-5-2-6-10-13)24(14)11-12-7-3-1-4-8-12/h1-10H,11H2,(H-,23,25,26,27). The van der Waals surface area contributed by atoms with Crippen LogP contribution in [0.1, 0.15) is 16.1 Å². The predicted molar refractivity (Wildman–Crippen MR) is 102 cm³/mol. The van der Waals surface area contributed by atoms with Gasteiger partial charge in [0.25, 0.3) is 21.3 Å². The minimum atomic E-state index is -2.35. The first-order valence-electron chi connectivity index (χ1n) is 8.03. The molecule has 0 aliphatic carbocycles. The zero-order valence-electron chi connectivity index (χ0n) is 14.2. The highest BCUT2D eigenvalue weighted by atomic mass is 35.6. The van der Waals surface area contributed by atoms with Crippen LogP contribution in [0.4, 0.5) is 0 Å². The van der Waals surface area contributed by atoms with Crippen molar-refractivity contribution in [1.82, 2.24) is 5.32 Å². The molecule has 1 aromatic heterocycles. The van der Waals surface area contributed by atoms with Gasteiger partial charge in [-0.15, -0.1) is 0 Å². The Bertz CT molecular complexity index is 999. The number of imide groups is 1. The highest BCUT2D eigenvalue weighted by Gasteiger charge is 2.36. The molecule has 0 saturated carbocycles. The molecule has 2 amide bonds. The van der Waals surface area contributed by atoms with Gasteiger partial charge in [0.05, 0.1) is 5.56 Å². The Morgan fingerprint density at radius 3 is 2.14 bits per heavy atom. The zero-order chi connectivity index (χ0) is 20.3. The molecule has 0 bridgehead atoms. The summed E-state index contributed by atoms with van der Waals surface area (Å²) in [5.41, 5.74) is 1.01. The van der Waals surface area contributed by atoms with Gasteiger partial charge in [-0.25, -0.2) is 0 Å². The molecule has 1 N–H and O–H groups in total. The third kappa shape index (κ3) is 4.47. The number of amides is 2. The number of nitrogens with zero attached hydrogens (tertiary/aromatic N) is 1. The van der Waals surface area contributed by atoms with Gasteiger partial charge in [0.2, 0.25) is 0 Å². The number of hydrogen-bond acceptors (Lipinski definition) is 4. The second kappa shape index (κ2) is 8.22. The van der Waals surface area contributed by atoms with Crippen LogP contribution in [0.15, 0.2) is 65.1 Å². The summed E-state index contributed by atoms with van der Waals surface area (Å²) in [6, 6.07) is 17.9. The second-order valence-electron chi connectivity index (χ2n) is 5.76. The van der Waals surface area contributed by atoms with Gasteiger partial charge in [-0.1, -0.05) is 83.3 Å². The maximum absolute atomic E-state index is 12.6. The fourth-order valence-corrected chi connectivity index (χ4v) is 2.71. The maximum atomic E-state index is 12.6. The molecule has 6 nitrogen and oxygen atoms in total. The molecule has 3 aromatic rings. The molecule has 0 spiro atoms. The number of alkyl halides is 3. The lowest BCUT2D eigenvalue weighted by Gasteiger charge is -2.09. The van der Waals surface area contributed by atoms with Gasteiger partial charge in [0, 0.05) is 5.56 Å². The number of nitrogens with one attached hydrogen (secondary N) is 1. The number of oxazole rings is 1. The summed E-state index contributed by atoms with van der Waals surface area (Å²) in [4.78, 5) is 24.4. The van der Waals surface area contributed by atoms with Crippen molar-refractivity contribution in [1.29, 1.82) is 0 Å². The third-order valence-corrected chi connectivity index (χ3v) is 4.32. The highest BCUT2D eigenvalue weighted by molar-refractivity contribution is 6.76. The van der Waals surface area contributed by atoms with E-state index in [1.54, 1.807) is 30.3 Å². The number of carbonyl (C=O) groups is 2. The van der Waals surface area contributed by atoms with Gasteiger partial charge < -0.3 is 9.52 Å². The van der Waals surface area contributed by atoms with Crippen LogP contribution in [0.2, 0.25) is 0 Å². The first-order valence-corrected chi connectivity index (χ1v) is 9.16. The summed E-state index contributed by atoms with van der Waals surface area (Å²) in [6.07, 6.45) is 0. The summed E-state index contributed by atoms with van der Waals surface area (Å²) < 4.78 is 4.36. The molecule has 1 heterocycles. The summed E-state index contributed by atoms with van der Waals surface area (Å²) in [7, 11) is 0. The molecular weight excluding hydrogens is 427 g/mol. The molecule has 0 aliphatic rings. The number of carbonyl (C=O) groups excluding carboxylic acids is 2. The van der Waals surface area contributed by atoms with E-state index in [2.05, 4.69) is 0 Å². The second-order valence-corrected chi connectivity index (χ2v) is 8.04. The molecule has 144 valence electrons. The monoisotopic (exact) mass is 438 g/mol. The molecule has 28 heavy (non-hydrogen) atoms. The quantitative estimate of drug-likeness (QED) is 0.500. The van der Waals surface area contributed by atoms with Gasteiger partial charge >= 0.3 is 5.91 Å². The van der Waals surface area contributed by atoms with Crippen molar-refractivity contribution < 1.29 is 23.7 Å². The summed E-state index contributed by atoms with van der Waals surface area (Å²) in [5, 5.41) is 14.4. The van der Waals surface area contributed by atoms with Crippen LogP contribution in [0.25, 0.3) is 11.5 Å². The molecule has 9 heteroatoms. The van der Waals surface area contributed by atoms with Crippen LogP contribution in [0.3, 0.4) is 0 Å².